The molecule has 128 valence electrons. The molecule has 4 heteroatoms. The summed E-state index contributed by atoms with van der Waals surface area (Å²) in [5.41, 5.74) is 4.15. The number of aliphatic hydroxyl groups is 1. The quantitative estimate of drug-likeness (QED) is 0.907. The fraction of sp³-hybridized carbons (Fsp3) is 0.500. The second-order valence-electron chi connectivity index (χ2n) is 7.63. The SMILES string of the molecule is CC(=O)[C@@H]1[C@@H](c2ccc(C(C)C)cc2)c2c(n[nH]c2C)C[C@@]1(C)O. The van der Waals surface area contributed by atoms with Crippen LogP contribution in [0.4, 0.5) is 0 Å². The summed E-state index contributed by atoms with van der Waals surface area (Å²) in [6.07, 6.45) is 0.400. The van der Waals surface area contributed by atoms with Crippen LogP contribution in [-0.2, 0) is 11.2 Å². The fourth-order valence-corrected chi connectivity index (χ4v) is 4.13. The summed E-state index contributed by atoms with van der Waals surface area (Å²) in [4.78, 5) is 12.4. The van der Waals surface area contributed by atoms with Crippen molar-refractivity contribution in [1.29, 1.82) is 0 Å². The van der Waals surface area contributed by atoms with Crippen molar-refractivity contribution in [3.63, 3.8) is 0 Å². The van der Waals surface area contributed by atoms with E-state index in [1.54, 1.807) is 13.8 Å². The number of ketones is 1. The molecule has 1 aliphatic carbocycles. The van der Waals surface area contributed by atoms with Crippen LogP contribution in [0.2, 0.25) is 0 Å². The molecule has 1 aromatic heterocycles. The third kappa shape index (κ3) is 2.69. The number of carbonyl (C=O) groups is 1. The maximum Gasteiger partial charge on any atom is 0.136 e. The minimum atomic E-state index is -1.10. The van der Waals surface area contributed by atoms with Gasteiger partial charge in [0, 0.05) is 23.6 Å². The van der Waals surface area contributed by atoms with Crippen molar-refractivity contribution in [1.82, 2.24) is 10.2 Å². The lowest BCUT2D eigenvalue weighted by Gasteiger charge is -2.41. The van der Waals surface area contributed by atoms with E-state index in [0.29, 0.717) is 12.3 Å². The Morgan fingerprint density at radius 2 is 1.96 bits per heavy atom. The molecule has 1 heterocycles. The number of hydrogen-bond donors (Lipinski definition) is 2. The molecular formula is C20H26N2O2. The molecule has 1 aromatic carbocycles. The number of hydrogen-bond acceptors (Lipinski definition) is 3. The van der Waals surface area contributed by atoms with Gasteiger partial charge in [0.1, 0.15) is 5.78 Å². The molecule has 3 rings (SSSR count). The molecule has 0 spiro atoms. The van der Waals surface area contributed by atoms with Gasteiger partial charge >= 0.3 is 0 Å². The molecule has 1 aliphatic rings. The lowest BCUT2D eigenvalue weighted by molar-refractivity contribution is -0.130. The van der Waals surface area contributed by atoms with Crippen LogP contribution in [0.3, 0.4) is 0 Å². The molecule has 2 N–H and O–H groups in total. The highest BCUT2D eigenvalue weighted by atomic mass is 16.3. The molecule has 0 saturated heterocycles. The Morgan fingerprint density at radius 3 is 2.50 bits per heavy atom. The van der Waals surface area contributed by atoms with Gasteiger partial charge in [-0.05, 0) is 37.8 Å². The summed E-state index contributed by atoms with van der Waals surface area (Å²) in [7, 11) is 0. The smallest absolute Gasteiger partial charge is 0.136 e. The topological polar surface area (TPSA) is 66.0 Å². The van der Waals surface area contributed by atoms with E-state index in [1.165, 1.54) is 5.56 Å². The predicted molar refractivity (Wildman–Crippen MR) is 94.2 cm³/mol. The van der Waals surface area contributed by atoms with E-state index < -0.39 is 11.5 Å². The van der Waals surface area contributed by atoms with Crippen molar-refractivity contribution in [3.05, 3.63) is 52.3 Å². The first-order chi connectivity index (χ1) is 11.2. The number of aromatic nitrogens is 2. The third-order valence-corrected chi connectivity index (χ3v) is 5.31. The molecular weight excluding hydrogens is 300 g/mol. The zero-order chi connectivity index (χ0) is 17.6. The van der Waals surface area contributed by atoms with E-state index in [9.17, 15) is 9.90 Å². The highest BCUT2D eigenvalue weighted by Crippen LogP contribution is 2.46. The number of fused-ring (bicyclic) bond motifs is 1. The van der Waals surface area contributed by atoms with E-state index in [-0.39, 0.29) is 11.7 Å². The highest BCUT2D eigenvalue weighted by Gasteiger charge is 2.48. The molecule has 0 bridgehead atoms. The van der Waals surface area contributed by atoms with Crippen molar-refractivity contribution < 1.29 is 9.90 Å². The minimum absolute atomic E-state index is 0.0178. The number of nitrogens with zero attached hydrogens (tertiary/aromatic N) is 1. The van der Waals surface area contributed by atoms with Gasteiger partial charge in [-0.15, -0.1) is 0 Å². The van der Waals surface area contributed by atoms with Crippen LogP contribution in [0.15, 0.2) is 24.3 Å². The second kappa shape index (κ2) is 5.85. The molecule has 0 fully saturated rings. The van der Waals surface area contributed by atoms with Crippen LogP contribution >= 0.6 is 0 Å². The molecule has 0 radical (unpaired) electrons. The Labute approximate surface area is 143 Å². The molecule has 3 atom stereocenters. The lowest BCUT2D eigenvalue weighted by Crippen LogP contribution is -2.48. The number of Topliss-reactive ketones (excluding diaryl/α,β-unsaturated/α-hetero) is 1. The summed E-state index contributed by atoms with van der Waals surface area (Å²) in [6.45, 7) is 9.64. The maximum atomic E-state index is 12.4. The number of benzene rings is 1. The fourth-order valence-electron chi connectivity index (χ4n) is 4.13. The molecule has 4 nitrogen and oxygen atoms in total. The van der Waals surface area contributed by atoms with Crippen LogP contribution in [0.1, 0.15) is 67.6 Å². The molecule has 2 aromatic rings. The van der Waals surface area contributed by atoms with Gasteiger partial charge < -0.3 is 5.11 Å². The monoisotopic (exact) mass is 326 g/mol. The standard InChI is InChI=1S/C20H26N2O2/c1-11(2)14-6-8-15(9-7-14)18-17-12(3)21-22-16(17)10-20(5,24)19(18)13(4)23/h6-9,11,18-19,24H,10H2,1-5H3,(H,21,22)/t18-,19+,20+/m0/s1. The number of H-pyrrole nitrogens is 1. The zero-order valence-corrected chi connectivity index (χ0v) is 15.1. The Morgan fingerprint density at radius 1 is 1.33 bits per heavy atom. The first kappa shape index (κ1) is 16.9. The van der Waals surface area contributed by atoms with Gasteiger partial charge in [0.25, 0.3) is 0 Å². The van der Waals surface area contributed by atoms with Crippen LogP contribution in [0, 0.1) is 12.8 Å². The van der Waals surface area contributed by atoms with Crippen molar-refractivity contribution in [3.8, 4) is 0 Å². The van der Waals surface area contributed by atoms with Gasteiger partial charge in [-0.1, -0.05) is 38.1 Å². The van der Waals surface area contributed by atoms with Crippen molar-refractivity contribution in [2.75, 3.05) is 0 Å². The normalized spacial score (nSPS) is 26.5. The maximum absolute atomic E-state index is 12.4. The summed E-state index contributed by atoms with van der Waals surface area (Å²) in [5.74, 6) is -0.153. The third-order valence-electron chi connectivity index (χ3n) is 5.31. The highest BCUT2D eigenvalue weighted by molar-refractivity contribution is 5.82. The summed E-state index contributed by atoms with van der Waals surface area (Å²) in [6, 6.07) is 8.42. The van der Waals surface area contributed by atoms with Gasteiger partial charge in [-0.3, -0.25) is 9.89 Å². The predicted octanol–water partition coefficient (Wildman–Crippen LogP) is 3.49. The first-order valence-electron chi connectivity index (χ1n) is 8.58. The van der Waals surface area contributed by atoms with Crippen molar-refractivity contribution >= 4 is 5.78 Å². The molecule has 0 unspecified atom stereocenters. The average molecular weight is 326 g/mol. The van der Waals surface area contributed by atoms with E-state index in [4.69, 9.17) is 0 Å². The molecule has 0 saturated carbocycles. The average Bonchev–Trinajstić information content (AvgIpc) is 2.85. The van der Waals surface area contributed by atoms with Crippen molar-refractivity contribution in [2.24, 2.45) is 5.92 Å². The molecule has 24 heavy (non-hydrogen) atoms. The zero-order valence-electron chi connectivity index (χ0n) is 15.1. The Bertz CT molecular complexity index is 756. The van der Waals surface area contributed by atoms with Crippen LogP contribution in [-0.4, -0.2) is 26.7 Å². The number of nitrogens with one attached hydrogen (secondary N) is 1. The van der Waals surface area contributed by atoms with E-state index in [1.807, 2.05) is 6.92 Å². The Balaban J connectivity index is 2.17. The molecule has 0 aliphatic heterocycles. The van der Waals surface area contributed by atoms with Crippen LogP contribution in [0.5, 0.6) is 0 Å². The minimum Gasteiger partial charge on any atom is -0.389 e. The van der Waals surface area contributed by atoms with Crippen LogP contribution in [0.25, 0.3) is 0 Å². The number of rotatable bonds is 3. The number of carbonyl (C=O) groups excluding carboxylic acids is 1. The van der Waals surface area contributed by atoms with Gasteiger partial charge in [-0.25, -0.2) is 0 Å². The van der Waals surface area contributed by atoms with Crippen LogP contribution < -0.4 is 0 Å². The first-order valence-corrected chi connectivity index (χ1v) is 8.58. The van der Waals surface area contributed by atoms with E-state index in [0.717, 1.165) is 22.5 Å². The van der Waals surface area contributed by atoms with Gasteiger partial charge in [0.15, 0.2) is 0 Å². The number of aromatic amines is 1. The molecule has 0 amide bonds. The summed E-state index contributed by atoms with van der Waals surface area (Å²) >= 11 is 0. The van der Waals surface area contributed by atoms with Crippen molar-refractivity contribution in [2.45, 2.75) is 58.5 Å². The summed E-state index contributed by atoms with van der Waals surface area (Å²) < 4.78 is 0. The summed E-state index contributed by atoms with van der Waals surface area (Å²) in [5, 5.41) is 18.4. The van der Waals surface area contributed by atoms with E-state index >= 15 is 0 Å². The second-order valence-corrected chi connectivity index (χ2v) is 7.63. The van der Waals surface area contributed by atoms with E-state index in [2.05, 4.69) is 48.3 Å². The van der Waals surface area contributed by atoms with Gasteiger partial charge in [0.05, 0.1) is 17.2 Å². The van der Waals surface area contributed by atoms with Gasteiger partial charge in [-0.2, -0.15) is 5.10 Å². The largest absolute Gasteiger partial charge is 0.389 e. The Hall–Kier alpha value is -1.94. The van der Waals surface area contributed by atoms with Gasteiger partial charge in [0.2, 0.25) is 0 Å². The Kier molecular flexibility index (Phi) is 4.12. The lowest BCUT2D eigenvalue weighted by atomic mass is 9.64. The number of aryl methyl sites for hydroxylation is 1.